The van der Waals surface area contributed by atoms with Gasteiger partial charge in [0.15, 0.2) is 5.78 Å². The van der Waals surface area contributed by atoms with Crippen molar-refractivity contribution in [2.45, 2.75) is 0 Å². The molecule has 2 aromatic carbocycles. The third-order valence-electron chi connectivity index (χ3n) is 2.80. The summed E-state index contributed by atoms with van der Waals surface area (Å²) in [6, 6.07) is 17.9. The Kier molecular flexibility index (Phi) is 4.45. The molecule has 0 aliphatic heterocycles. The van der Waals surface area contributed by atoms with Gasteiger partial charge in [-0.1, -0.05) is 60.7 Å². The molecule has 0 spiro atoms. The van der Waals surface area contributed by atoms with E-state index in [4.69, 9.17) is 4.74 Å². The molecule has 3 heteroatoms. The van der Waals surface area contributed by atoms with Crippen LogP contribution in [-0.2, 0) is 9.53 Å². The van der Waals surface area contributed by atoms with Crippen LogP contribution in [0, 0.1) is 0 Å². The highest BCUT2D eigenvalue weighted by atomic mass is 16.5. The number of hydrogen-bond donors (Lipinski definition) is 0. The van der Waals surface area contributed by atoms with Crippen molar-refractivity contribution in [1.82, 2.24) is 0 Å². The van der Waals surface area contributed by atoms with E-state index in [-0.39, 0.29) is 11.4 Å². The van der Waals surface area contributed by atoms with Crippen molar-refractivity contribution >= 4 is 17.8 Å². The highest BCUT2D eigenvalue weighted by Gasteiger charge is 2.20. The lowest BCUT2D eigenvalue weighted by Gasteiger charge is -2.05. The van der Waals surface area contributed by atoms with Gasteiger partial charge in [-0.2, -0.15) is 0 Å². The normalized spacial score (nSPS) is 10.9. The van der Waals surface area contributed by atoms with E-state index in [1.54, 1.807) is 30.3 Å². The Morgan fingerprint density at radius 3 is 2.00 bits per heavy atom. The molecular formula is C17H14O3. The number of carbonyl (C=O) groups is 2. The van der Waals surface area contributed by atoms with Crippen LogP contribution in [0.15, 0.2) is 66.2 Å². The zero-order chi connectivity index (χ0) is 14.4. The fourth-order valence-electron chi connectivity index (χ4n) is 1.79. The van der Waals surface area contributed by atoms with Crippen LogP contribution in [0.25, 0.3) is 6.08 Å². The van der Waals surface area contributed by atoms with Crippen molar-refractivity contribution in [2.24, 2.45) is 0 Å². The van der Waals surface area contributed by atoms with Gasteiger partial charge < -0.3 is 4.74 Å². The zero-order valence-electron chi connectivity index (χ0n) is 11.1. The Morgan fingerprint density at radius 2 is 1.45 bits per heavy atom. The lowest BCUT2D eigenvalue weighted by Crippen LogP contribution is -2.14. The molecule has 2 aromatic rings. The van der Waals surface area contributed by atoms with E-state index < -0.39 is 5.97 Å². The van der Waals surface area contributed by atoms with Crippen LogP contribution < -0.4 is 0 Å². The van der Waals surface area contributed by atoms with E-state index >= 15 is 0 Å². The Bertz CT molecular complexity index is 628. The number of hydrogen-bond acceptors (Lipinski definition) is 3. The molecule has 0 N–H and O–H groups in total. The molecule has 0 aromatic heterocycles. The Morgan fingerprint density at radius 1 is 0.900 bits per heavy atom. The summed E-state index contributed by atoms with van der Waals surface area (Å²) in [6.07, 6.45) is 1.54. The number of methoxy groups -OCH3 is 1. The van der Waals surface area contributed by atoms with Crippen LogP contribution in [0.2, 0.25) is 0 Å². The van der Waals surface area contributed by atoms with Crippen molar-refractivity contribution in [3.05, 3.63) is 77.4 Å². The SMILES string of the molecule is COC(=O)/C(=C/c1ccccc1)C(=O)c1ccccc1. The Hall–Kier alpha value is -2.68. The summed E-state index contributed by atoms with van der Waals surface area (Å²) in [5, 5.41) is 0. The molecule has 3 nitrogen and oxygen atoms in total. The molecule has 0 heterocycles. The number of benzene rings is 2. The Balaban J connectivity index is 2.41. The van der Waals surface area contributed by atoms with Gasteiger partial charge in [0.2, 0.25) is 0 Å². The van der Waals surface area contributed by atoms with Crippen LogP contribution in [-0.4, -0.2) is 18.9 Å². The van der Waals surface area contributed by atoms with Gasteiger partial charge >= 0.3 is 5.97 Å². The van der Waals surface area contributed by atoms with Crippen molar-refractivity contribution in [3.63, 3.8) is 0 Å². The molecule has 0 amide bonds. The van der Waals surface area contributed by atoms with E-state index in [1.807, 2.05) is 36.4 Å². The summed E-state index contributed by atoms with van der Waals surface area (Å²) in [7, 11) is 1.26. The number of esters is 1. The monoisotopic (exact) mass is 266 g/mol. The molecular weight excluding hydrogens is 252 g/mol. The third kappa shape index (κ3) is 3.20. The van der Waals surface area contributed by atoms with E-state index in [1.165, 1.54) is 7.11 Å². The van der Waals surface area contributed by atoms with Gasteiger partial charge in [-0.3, -0.25) is 4.79 Å². The molecule has 0 saturated heterocycles. The predicted octanol–water partition coefficient (Wildman–Crippen LogP) is 3.13. The van der Waals surface area contributed by atoms with Gasteiger partial charge in [0.05, 0.1) is 7.11 Å². The summed E-state index contributed by atoms with van der Waals surface area (Å²) in [5.74, 6) is -0.982. The number of rotatable bonds is 4. The van der Waals surface area contributed by atoms with Gasteiger partial charge in [0, 0.05) is 5.56 Å². The molecule has 20 heavy (non-hydrogen) atoms. The summed E-state index contributed by atoms with van der Waals surface area (Å²) in [6.45, 7) is 0. The smallest absolute Gasteiger partial charge is 0.341 e. The molecule has 0 radical (unpaired) electrons. The fourth-order valence-corrected chi connectivity index (χ4v) is 1.79. The van der Waals surface area contributed by atoms with E-state index in [0.717, 1.165) is 5.56 Å². The van der Waals surface area contributed by atoms with Gasteiger partial charge in [-0.15, -0.1) is 0 Å². The predicted molar refractivity (Wildman–Crippen MR) is 77.2 cm³/mol. The second-order valence-electron chi connectivity index (χ2n) is 4.16. The number of ketones is 1. The highest BCUT2D eigenvalue weighted by Crippen LogP contribution is 2.14. The lowest BCUT2D eigenvalue weighted by atomic mass is 10.0. The quantitative estimate of drug-likeness (QED) is 0.281. The molecule has 2 rings (SSSR count). The lowest BCUT2D eigenvalue weighted by molar-refractivity contribution is -0.135. The molecule has 100 valence electrons. The first-order chi connectivity index (χ1) is 9.72. The average molecular weight is 266 g/mol. The van der Waals surface area contributed by atoms with Crippen LogP contribution in [0.1, 0.15) is 15.9 Å². The van der Waals surface area contributed by atoms with Gasteiger partial charge in [0.25, 0.3) is 0 Å². The van der Waals surface area contributed by atoms with Crippen molar-refractivity contribution in [3.8, 4) is 0 Å². The van der Waals surface area contributed by atoms with Crippen LogP contribution in [0.4, 0.5) is 0 Å². The van der Waals surface area contributed by atoms with Crippen LogP contribution >= 0.6 is 0 Å². The second kappa shape index (κ2) is 6.48. The first-order valence-corrected chi connectivity index (χ1v) is 6.17. The van der Waals surface area contributed by atoms with Crippen LogP contribution in [0.5, 0.6) is 0 Å². The Labute approximate surface area is 117 Å². The van der Waals surface area contributed by atoms with E-state index in [2.05, 4.69) is 0 Å². The standard InChI is InChI=1S/C17H14O3/c1-20-17(19)15(12-13-8-4-2-5-9-13)16(18)14-10-6-3-7-11-14/h2-12H,1H3/b15-12+. The number of carbonyl (C=O) groups excluding carboxylic acids is 2. The van der Waals surface area contributed by atoms with Crippen molar-refractivity contribution < 1.29 is 14.3 Å². The highest BCUT2D eigenvalue weighted by molar-refractivity contribution is 6.26. The minimum absolute atomic E-state index is 0.0184. The first kappa shape index (κ1) is 13.7. The molecule has 0 bridgehead atoms. The third-order valence-corrected chi connectivity index (χ3v) is 2.80. The van der Waals surface area contributed by atoms with Gasteiger partial charge in [0.1, 0.15) is 5.57 Å². The molecule has 0 aliphatic rings. The van der Waals surface area contributed by atoms with E-state index in [9.17, 15) is 9.59 Å². The number of ether oxygens (including phenoxy) is 1. The summed E-state index contributed by atoms with van der Waals surface area (Å²) in [4.78, 5) is 24.2. The fraction of sp³-hybridized carbons (Fsp3) is 0.0588. The minimum atomic E-state index is -0.636. The average Bonchev–Trinajstić information content (AvgIpc) is 2.53. The second-order valence-corrected chi connectivity index (χ2v) is 4.16. The minimum Gasteiger partial charge on any atom is -0.465 e. The maximum atomic E-state index is 12.4. The molecule has 0 unspecified atom stereocenters. The maximum Gasteiger partial charge on any atom is 0.341 e. The molecule has 0 atom stereocenters. The van der Waals surface area contributed by atoms with Crippen LogP contribution in [0.3, 0.4) is 0 Å². The van der Waals surface area contributed by atoms with Crippen molar-refractivity contribution in [2.75, 3.05) is 7.11 Å². The first-order valence-electron chi connectivity index (χ1n) is 6.17. The molecule has 0 saturated carbocycles. The number of Topliss-reactive ketones (excluding diaryl/α,β-unsaturated/α-hetero) is 1. The maximum absolute atomic E-state index is 12.4. The topological polar surface area (TPSA) is 43.4 Å². The van der Waals surface area contributed by atoms with Gasteiger partial charge in [-0.25, -0.2) is 4.79 Å². The summed E-state index contributed by atoms with van der Waals surface area (Å²) >= 11 is 0. The summed E-state index contributed by atoms with van der Waals surface area (Å²) < 4.78 is 4.70. The van der Waals surface area contributed by atoms with E-state index in [0.29, 0.717) is 5.56 Å². The summed E-state index contributed by atoms with van der Waals surface area (Å²) in [5.41, 5.74) is 1.25. The molecule has 0 aliphatic carbocycles. The molecule has 0 fully saturated rings. The van der Waals surface area contributed by atoms with Crippen molar-refractivity contribution in [1.29, 1.82) is 0 Å². The zero-order valence-corrected chi connectivity index (χ0v) is 11.1. The van der Waals surface area contributed by atoms with Gasteiger partial charge in [-0.05, 0) is 11.6 Å². The largest absolute Gasteiger partial charge is 0.465 e.